The smallest absolute Gasteiger partial charge is 0.256 e. The predicted molar refractivity (Wildman–Crippen MR) is 97.6 cm³/mol. The number of alkyl halides is 9. The highest BCUT2D eigenvalue weighted by molar-refractivity contribution is 5.84. The Kier molecular flexibility index (Phi) is 4.66. The molecule has 0 saturated carbocycles. The van der Waals surface area contributed by atoms with Gasteiger partial charge in [0.2, 0.25) is 0 Å². The Hall–Kier alpha value is -3.04. The van der Waals surface area contributed by atoms with Crippen LogP contribution in [0.2, 0.25) is 0 Å². The van der Waals surface area contributed by atoms with Gasteiger partial charge in [-0.25, -0.2) is 0 Å². The molecule has 10 heteroatoms. The van der Waals surface area contributed by atoms with E-state index in [-0.39, 0.29) is 27.9 Å². The fourth-order valence-electron chi connectivity index (χ4n) is 3.90. The highest BCUT2D eigenvalue weighted by Gasteiger charge is 2.58. The van der Waals surface area contributed by atoms with Crippen molar-refractivity contribution in [2.75, 3.05) is 0 Å². The number of halogens is 9. The van der Waals surface area contributed by atoms with Crippen molar-refractivity contribution in [2.24, 2.45) is 0 Å². The van der Waals surface area contributed by atoms with Crippen LogP contribution in [0.4, 0.5) is 39.5 Å². The lowest BCUT2D eigenvalue weighted by Crippen LogP contribution is -2.39. The fourth-order valence-corrected chi connectivity index (χ4v) is 3.90. The van der Waals surface area contributed by atoms with Gasteiger partial charge in [-0.3, -0.25) is 4.98 Å². The molecule has 2 aromatic carbocycles. The molecule has 3 aromatic rings. The zero-order chi connectivity index (χ0) is 23.7. The van der Waals surface area contributed by atoms with Crippen LogP contribution in [0.3, 0.4) is 0 Å². The molecule has 0 N–H and O–H groups in total. The Bertz CT molecular complexity index is 1190. The lowest BCUT2D eigenvalue weighted by Gasteiger charge is -2.30. The molecule has 1 unspecified atom stereocenters. The molecule has 1 heterocycles. The van der Waals surface area contributed by atoms with Crippen LogP contribution in [0.1, 0.15) is 29.2 Å². The number of aromatic nitrogens is 1. The topological polar surface area (TPSA) is 12.9 Å². The fraction of sp³-hybridized carbons (Fsp3) is 0.227. The van der Waals surface area contributed by atoms with Gasteiger partial charge in [0.25, 0.3) is 0 Å². The molecule has 1 aromatic heterocycles. The minimum Gasteiger partial charge on any atom is -0.256 e. The van der Waals surface area contributed by atoms with Gasteiger partial charge in [0.15, 0.2) is 0 Å². The highest BCUT2D eigenvalue weighted by atomic mass is 19.4. The number of hydrogen-bond acceptors (Lipinski definition) is 1. The quantitative estimate of drug-likeness (QED) is 0.340. The van der Waals surface area contributed by atoms with Gasteiger partial charge in [0, 0.05) is 11.8 Å². The molecule has 32 heavy (non-hydrogen) atoms. The van der Waals surface area contributed by atoms with Crippen molar-refractivity contribution in [1.82, 2.24) is 4.98 Å². The first-order valence-corrected chi connectivity index (χ1v) is 9.11. The van der Waals surface area contributed by atoms with Gasteiger partial charge >= 0.3 is 18.5 Å². The Labute approximate surface area is 175 Å². The lowest BCUT2D eigenvalue weighted by molar-refractivity contribution is -0.172. The third-order valence-electron chi connectivity index (χ3n) is 5.69. The van der Waals surface area contributed by atoms with Gasteiger partial charge in [-0.1, -0.05) is 18.2 Å². The Morgan fingerprint density at radius 1 is 0.656 bits per heavy atom. The average Bonchev–Trinajstić information content (AvgIpc) is 2.96. The summed E-state index contributed by atoms with van der Waals surface area (Å²) in [5, 5.41) is 0. The first kappa shape index (κ1) is 22.2. The maximum Gasteiger partial charge on any atom is 0.417 e. The Balaban J connectivity index is 1.89. The molecule has 4 rings (SSSR count). The molecule has 0 spiro atoms. The van der Waals surface area contributed by atoms with Crippen LogP contribution in [-0.2, 0) is 17.8 Å². The van der Waals surface area contributed by atoms with E-state index >= 15 is 0 Å². The minimum absolute atomic E-state index is 0.00254. The van der Waals surface area contributed by atoms with E-state index in [0.717, 1.165) is 37.3 Å². The van der Waals surface area contributed by atoms with Gasteiger partial charge < -0.3 is 0 Å². The lowest BCUT2D eigenvalue weighted by atomic mass is 9.78. The molecule has 1 nitrogen and oxygen atoms in total. The first-order chi connectivity index (χ1) is 14.6. The van der Waals surface area contributed by atoms with E-state index in [2.05, 4.69) is 4.98 Å². The third kappa shape index (κ3) is 3.32. The van der Waals surface area contributed by atoms with E-state index in [4.69, 9.17) is 0 Å². The van der Waals surface area contributed by atoms with Crippen molar-refractivity contribution in [3.05, 3.63) is 77.0 Å². The molecular weight excluding hydrogens is 449 g/mol. The summed E-state index contributed by atoms with van der Waals surface area (Å²) < 4.78 is 120. The summed E-state index contributed by atoms with van der Waals surface area (Å²) in [7, 11) is 0. The molecule has 0 fully saturated rings. The van der Waals surface area contributed by atoms with Crippen LogP contribution < -0.4 is 0 Å². The monoisotopic (exact) mass is 461 g/mol. The van der Waals surface area contributed by atoms with E-state index in [1.165, 1.54) is 12.1 Å². The van der Waals surface area contributed by atoms with Crippen LogP contribution in [-0.4, -0.2) is 11.2 Å². The van der Waals surface area contributed by atoms with Crippen molar-refractivity contribution in [2.45, 2.75) is 30.9 Å². The zero-order valence-electron chi connectivity index (χ0n) is 16.0. The number of fused-ring (bicyclic) bond motifs is 3. The average molecular weight is 461 g/mol. The summed E-state index contributed by atoms with van der Waals surface area (Å²) in [6.45, 7) is 0.793. The van der Waals surface area contributed by atoms with E-state index in [9.17, 15) is 39.5 Å². The van der Waals surface area contributed by atoms with Crippen molar-refractivity contribution >= 4 is 0 Å². The van der Waals surface area contributed by atoms with Gasteiger partial charge in [0.1, 0.15) is 5.41 Å². The van der Waals surface area contributed by atoms with Crippen molar-refractivity contribution in [3.8, 4) is 22.4 Å². The highest BCUT2D eigenvalue weighted by Crippen LogP contribution is 2.57. The normalized spacial score (nSPS) is 18.4. The second kappa shape index (κ2) is 6.73. The van der Waals surface area contributed by atoms with Gasteiger partial charge in [0.05, 0.1) is 16.8 Å². The molecule has 1 aliphatic rings. The number of hydrogen-bond donors (Lipinski definition) is 0. The van der Waals surface area contributed by atoms with Crippen LogP contribution in [0.15, 0.2) is 54.7 Å². The summed E-state index contributed by atoms with van der Waals surface area (Å²) in [6, 6.07) is 7.80. The summed E-state index contributed by atoms with van der Waals surface area (Å²) >= 11 is 0. The van der Waals surface area contributed by atoms with Gasteiger partial charge in [-0.05, 0) is 59.5 Å². The van der Waals surface area contributed by atoms with E-state index in [1.54, 1.807) is 0 Å². The summed E-state index contributed by atoms with van der Waals surface area (Å²) in [5.41, 5.74) is -5.58. The number of pyridine rings is 1. The summed E-state index contributed by atoms with van der Waals surface area (Å²) in [4.78, 5) is 3.70. The standard InChI is InChI=1S/C22H12F9N/c1-19(22(29,30)31)16-8-11(18-7-4-13(10-32-18)21(26,27)28)2-5-14(16)15-6-3-12(9-17(15)19)20(23,24)25/h2-10H,1H3. The molecule has 0 saturated heterocycles. The SMILES string of the molecule is CC1(C(F)(F)F)c2cc(-c3ccc(C(F)(F)F)cn3)ccc2-c2ccc(C(F)(F)F)cc21. The van der Waals surface area contributed by atoms with Gasteiger partial charge in [-0.15, -0.1) is 0 Å². The zero-order valence-corrected chi connectivity index (χ0v) is 16.0. The van der Waals surface area contributed by atoms with Crippen molar-refractivity contribution in [1.29, 1.82) is 0 Å². The molecule has 0 aliphatic heterocycles. The second-order valence-corrected chi connectivity index (χ2v) is 7.57. The van der Waals surface area contributed by atoms with Crippen molar-refractivity contribution in [3.63, 3.8) is 0 Å². The molecular formula is C22H12F9N. The first-order valence-electron chi connectivity index (χ1n) is 9.11. The predicted octanol–water partition coefficient (Wildman–Crippen LogP) is 7.63. The van der Waals surface area contributed by atoms with Crippen molar-refractivity contribution < 1.29 is 39.5 Å². The van der Waals surface area contributed by atoms with Crippen LogP contribution >= 0.6 is 0 Å². The Morgan fingerprint density at radius 3 is 1.69 bits per heavy atom. The van der Waals surface area contributed by atoms with Crippen LogP contribution in [0, 0.1) is 0 Å². The number of benzene rings is 2. The molecule has 0 radical (unpaired) electrons. The Morgan fingerprint density at radius 2 is 1.19 bits per heavy atom. The van der Waals surface area contributed by atoms with Gasteiger partial charge in [-0.2, -0.15) is 39.5 Å². The molecule has 1 aliphatic carbocycles. The maximum absolute atomic E-state index is 14.2. The van der Waals surface area contributed by atoms with E-state index in [0.29, 0.717) is 12.3 Å². The summed E-state index contributed by atoms with van der Waals surface area (Å²) in [5.74, 6) is 0. The van der Waals surface area contributed by atoms with Crippen LogP contribution in [0.25, 0.3) is 22.4 Å². The molecule has 0 amide bonds. The van der Waals surface area contributed by atoms with Crippen LogP contribution in [0.5, 0.6) is 0 Å². The van der Waals surface area contributed by atoms with E-state index < -0.39 is 40.6 Å². The third-order valence-corrected chi connectivity index (χ3v) is 5.69. The summed E-state index contributed by atoms with van der Waals surface area (Å²) in [6.07, 6.45) is -13.8. The molecule has 168 valence electrons. The number of rotatable bonds is 1. The minimum atomic E-state index is -4.94. The maximum atomic E-state index is 14.2. The van der Waals surface area contributed by atoms with E-state index in [1.807, 2.05) is 0 Å². The number of nitrogens with zero attached hydrogens (tertiary/aromatic N) is 1. The molecule has 1 atom stereocenters. The largest absolute Gasteiger partial charge is 0.417 e. The second-order valence-electron chi connectivity index (χ2n) is 7.57. The molecule has 0 bridgehead atoms.